The first kappa shape index (κ1) is 57.0. The minimum Gasteiger partial charge on any atom is -0.462 e. The molecule has 16 heteroatoms. The highest BCUT2D eigenvalue weighted by Gasteiger charge is 2.28. The number of allylic oxidation sites excluding steroid dienone is 7. The maximum atomic E-state index is 12.6. The van der Waals surface area contributed by atoms with Gasteiger partial charge in [-0.25, -0.2) is 9.13 Å². The van der Waals surface area contributed by atoms with Crippen LogP contribution in [0.4, 0.5) is 0 Å². The fourth-order valence-corrected chi connectivity index (χ4v) is 6.73. The van der Waals surface area contributed by atoms with E-state index in [2.05, 4.69) is 48.0 Å². The molecule has 0 bridgehead atoms. The quantitative estimate of drug-likeness (QED) is 0.0168. The summed E-state index contributed by atoms with van der Waals surface area (Å²) in [6, 6.07) is 0. The molecule has 14 nitrogen and oxygen atoms in total. The SMILES string of the molecule is CCCC[C@@H](O)/C=C\C/C=C\C/C=C\C/C=C\CCCC(=O)O[C@H](COC(=O)CCCCCCCCCCCCC(C)CC)COP(=O)(O)OC[C@@H](O)COP(=O)(O)O. The standard InChI is InChI=1S/C43H78O14P2/c1-4-6-30-39(44)31-26-22-18-14-9-7-8-10-16-20-24-28-33-43(47)57-41(37-56-59(51,52)55-35-40(45)34-54-58(48,49)50)36-53-42(46)32-27-23-19-15-12-11-13-17-21-25-29-38(3)5-2/h7-8,14,16,18,20,26,31,38-41,44-45H,4-6,9-13,15,17,19,21-25,27-30,32-37H2,1-3H3,(H,51,52)(H2,48,49,50)/b8-7-,18-14-,20-16-,31-26-/t38?,39-,40+,41-/m1/s1. The lowest BCUT2D eigenvalue weighted by atomic mass is 9.99. The van der Waals surface area contributed by atoms with Crippen molar-refractivity contribution in [2.45, 2.75) is 180 Å². The average molecular weight is 881 g/mol. The van der Waals surface area contributed by atoms with Gasteiger partial charge in [0.2, 0.25) is 0 Å². The van der Waals surface area contributed by atoms with Crippen LogP contribution in [-0.4, -0.2) is 81.6 Å². The smallest absolute Gasteiger partial charge is 0.462 e. The third-order valence-corrected chi connectivity index (χ3v) is 10.8. The molecule has 0 spiro atoms. The van der Waals surface area contributed by atoms with Gasteiger partial charge in [0.15, 0.2) is 6.10 Å². The van der Waals surface area contributed by atoms with Gasteiger partial charge in [0.05, 0.1) is 25.9 Å². The molecule has 0 aliphatic rings. The Morgan fingerprint density at radius 3 is 1.71 bits per heavy atom. The van der Waals surface area contributed by atoms with Gasteiger partial charge in [0.1, 0.15) is 12.7 Å². The van der Waals surface area contributed by atoms with Crippen LogP contribution in [0.3, 0.4) is 0 Å². The minimum absolute atomic E-state index is 0.0385. The number of hydrogen-bond acceptors (Lipinski definition) is 11. The van der Waals surface area contributed by atoms with Crippen molar-refractivity contribution in [3.8, 4) is 0 Å². The zero-order chi connectivity index (χ0) is 44.0. The fraction of sp³-hybridized carbons (Fsp3) is 0.767. The van der Waals surface area contributed by atoms with Crippen molar-refractivity contribution in [1.82, 2.24) is 0 Å². The van der Waals surface area contributed by atoms with Gasteiger partial charge in [-0.2, -0.15) is 0 Å². The van der Waals surface area contributed by atoms with Crippen LogP contribution in [0.25, 0.3) is 0 Å². The monoisotopic (exact) mass is 880 g/mol. The summed E-state index contributed by atoms with van der Waals surface area (Å²) in [5.74, 6) is -0.302. The normalized spacial score (nSPS) is 15.6. The molecule has 0 rings (SSSR count). The Balaban J connectivity index is 4.65. The molecular formula is C43H78O14P2. The molecular weight excluding hydrogens is 802 g/mol. The van der Waals surface area contributed by atoms with Gasteiger partial charge in [-0.15, -0.1) is 0 Å². The molecule has 0 amide bonds. The lowest BCUT2D eigenvalue weighted by Gasteiger charge is -2.20. The van der Waals surface area contributed by atoms with Crippen molar-refractivity contribution in [2.24, 2.45) is 5.92 Å². The van der Waals surface area contributed by atoms with Crippen molar-refractivity contribution in [2.75, 3.05) is 26.4 Å². The van der Waals surface area contributed by atoms with Crippen LogP contribution in [0.5, 0.6) is 0 Å². The zero-order valence-electron chi connectivity index (χ0n) is 36.1. The van der Waals surface area contributed by atoms with E-state index in [1.165, 1.54) is 51.4 Å². The molecule has 0 radical (unpaired) electrons. The summed E-state index contributed by atoms with van der Waals surface area (Å²) in [5.41, 5.74) is 0. The third kappa shape index (κ3) is 41.2. The Morgan fingerprint density at radius 1 is 0.593 bits per heavy atom. The number of ether oxygens (including phenoxy) is 2. The minimum atomic E-state index is -4.87. The topological polar surface area (TPSA) is 216 Å². The Hall–Kier alpha value is -1.96. The third-order valence-electron chi connectivity index (χ3n) is 9.32. The number of carbonyl (C=O) groups excluding carboxylic acids is 2. The molecule has 59 heavy (non-hydrogen) atoms. The molecule has 5 atom stereocenters. The Kier molecular flexibility index (Phi) is 36.5. The van der Waals surface area contributed by atoms with E-state index in [-0.39, 0.29) is 18.9 Å². The van der Waals surface area contributed by atoms with Crippen molar-refractivity contribution in [3.63, 3.8) is 0 Å². The number of hydrogen-bond donors (Lipinski definition) is 5. The first-order valence-electron chi connectivity index (χ1n) is 21.8. The number of rotatable bonds is 40. The summed E-state index contributed by atoms with van der Waals surface area (Å²) in [6.07, 6.45) is 33.1. The van der Waals surface area contributed by atoms with E-state index in [9.17, 15) is 33.8 Å². The number of esters is 2. The van der Waals surface area contributed by atoms with Gasteiger partial charge in [0, 0.05) is 12.8 Å². The number of carbonyl (C=O) groups is 2. The number of unbranched alkanes of at least 4 members (excludes halogenated alkanes) is 11. The molecule has 0 saturated heterocycles. The lowest BCUT2D eigenvalue weighted by molar-refractivity contribution is -0.161. The van der Waals surface area contributed by atoms with Gasteiger partial charge in [-0.1, -0.05) is 153 Å². The van der Waals surface area contributed by atoms with Crippen LogP contribution in [0, 0.1) is 5.92 Å². The van der Waals surface area contributed by atoms with Crippen molar-refractivity contribution >= 4 is 27.6 Å². The predicted octanol–water partition coefficient (Wildman–Crippen LogP) is 9.89. The van der Waals surface area contributed by atoms with E-state index in [1.54, 1.807) is 0 Å². The van der Waals surface area contributed by atoms with Crippen molar-refractivity contribution in [1.29, 1.82) is 0 Å². The fourth-order valence-electron chi connectivity index (χ4n) is 5.57. The number of phosphoric ester groups is 2. The molecule has 0 aromatic heterocycles. The van der Waals surface area contributed by atoms with Crippen LogP contribution in [0.1, 0.15) is 162 Å². The van der Waals surface area contributed by atoms with Crippen LogP contribution in [0.2, 0.25) is 0 Å². The van der Waals surface area contributed by atoms with Crippen LogP contribution in [0.15, 0.2) is 48.6 Å². The molecule has 344 valence electrons. The summed E-state index contributed by atoms with van der Waals surface area (Å²) in [7, 11) is -9.70. The van der Waals surface area contributed by atoms with E-state index < -0.39 is 66.2 Å². The van der Waals surface area contributed by atoms with E-state index in [0.717, 1.165) is 63.7 Å². The molecule has 0 aliphatic carbocycles. The second-order valence-electron chi connectivity index (χ2n) is 15.0. The van der Waals surface area contributed by atoms with Crippen molar-refractivity contribution < 1.29 is 66.7 Å². The zero-order valence-corrected chi connectivity index (χ0v) is 37.9. The number of phosphoric acid groups is 2. The van der Waals surface area contributed by atoms with Crippen LogP contribution < -0.4 is 0 Å². The summed E-state index contributed by atoms with van der Waals surface area (Å²) >= 11 is 0. The molecule has 0 fully saturated rings. The Bertz CT molecular complexity index is 1260. The van der Waals surface area contributed by atoms with Gasteiger partial charge >= 0.3 is 27.6 Å². The highest BCUT2D eigenvalue weighted by atomic mass is 31.2. The molecule has 2 unspecified atom stereocenters. The van der Waals surface area contributed by atoms with Gasteiger partial charge in [-0.05, 0) is 50.9 Å². The molecule has 0 aliphatic heterocycles. The molecule has 5 N–H and O–H groups in total. The molecule has 0 saturated carbocycles. The van der Waals surface area contributed by atoms with Gasteiger partial charge in [-0.3, -0.25) is 23.2 Å². The second kappa shape index (κ2) is 37.8. The molecule has 0 aromatic carbocycles. The Morgan fingerprint density at radius 2 is 1.12 bits per heavy atom. The van der Waals surface area contributed by atoms with E-state index >= 15 is 0 Å². The summed E-state index contributed by atoms with van der Waals surface area (Å²) < 4.78 is 47.7. The van der Waals surface area contributed by atoms with Gasteiger partial charge < -0.3 is 34.4 Å². The predicted molar refractivity (Wildman–Crippen MR) is 231 cm³/mol. The van der Waals surface area contributed by atoms with E-state index in [0.29, 0.717) is 19.3 Å². The number of aliphatic hydroxyl groups is 2. The molecule has 0 aromatic rings. The maximum absolute atomic E-state index is 12.6. The first-order valence-corrected chi connectivity index (χ1v) is 24.8. The van der Waals surface area contributed by atoms with Crippen LogP contribution >= 0.6 is 15.6 Å². The van der Waals surface area contributed by atoms with Crippen molar-refractivity contribution in [3.05, 3.63) is 48.6 Å². The van der Waals surface area contributed by atoms with E-state index in [4.69, 9.17) is 23.8 Å². The summed E-state index contributed by atoms with van der Waals surface area (Å²) in [5, 5.41) is 19.6. The van der Waals surface area contributed by atoms with Crippen LogP contribution in [-0.2, 0) is 41.8 Å². The Labute approximate surface area is 354 Å². The summed E-state index contributed by atoms with van der Waals surface area (Å²) in [4.78, 5) is 52.6. The second-order valence-corrected chi connectivity index (χ2v) is 17.7. The molecule has 0 heterocycles. The number of aliphatic hydroxyl groups excluding tert-OH is 2. The van der Waals surface area contributed by atoms with Gasteiger partial charge in [0.25, 0.3) is 0 Å². The van der Waals surface area contributed by atoms with E-state index in [1.807, 2.05) is 30.4 Å². The highest BCUT2D eigenvalue weighted by molar-refractivity contribution is 7.47. The average Bonchev–Trinajstić information content (AvgIpc) is 3.19. The maximum Gasteiger partial charge on any atom is 0.472 e. The lowest BCUT2D eigenvalue weighted by Crippen LogP contribution is -2.29. The largest absolute Gasteiger partial charge is 0.472 e. The summed E-state index contributed by atoms with van der Waals surface area (Å²) in [6.45, 7) is 3.85. The highest BCUT2D eigenvalue weighted by Crippen LogP contribution is 2.43. The first-order chi connectivity index (χ1) is 28.2.